The van der Waals surface area contributed by atoms with Gasteiger partial charge in [-0.3, -0.25) is 4.99 Å². The Hall–Kier alpha value is -2.11. The van der Waals surface area contributed by atoms with E-state index in [1.807, 2.05) is 12.1 Å². The molecule has 18 heavy (non-hydrogen) atoms. The van der Waals surface area contributed by atoms with E-state index in [2.05, 4.69) is 4.99 Å². The Balaban J connectivity index is 3.01. The van der Waals surface area contributed by atoms with E-state index in [0.717, 1.165) is 5.56 Å². The fourth-order valence-electron chi connectivity index (χ4n) is 1.67. The van der Waals surface area contributed by atoms with Crippen molar-refractivity contribution < 1.29 is 14.2 Å². The number of nitrogens with zero attached hydrogens (tertiary/aromatic N) is 1. The zero-order chi connectivity index (χ0) is 13.5. The number of rotatable bonds is 6. The average Bonchev–Trinajstić information content (AvgIpc) is 2.37. The first kappa shape index (κ1) is 14.0. The first-order valence-electron chi connectivity index (χ1n) is 5.47. The van der Waals surface area contributed by atoms with Gasteiger partial charge in [-0.15, -0.1) is 0 Å². The fourth-order valence-corrected chi connectivity index (χ4v) is 1.67. The van der Waals surface area contributed by atoms with Crippen LogP contribution in [0.2, 0.25) is 0 Å². The fraction of sp³-hybridized carbons (Fsp3) is 0.417. The van der Waals surface area contributed by atoms with Crippen LogP contribution < -0.4 is 25.7 Å². The number of aliphatic imine (C=N–C) groups is 1. The quantitative estimate of drug-likeness (QED) is 0.570. The Labute approximate surface area is 107 Å². The Morgan fingerprint density at radius 2 is 1.72 bits per heavy atom. The predicted molar refractivity (Wildman–Crippen MR) is 70.5 cm³/mol. The lowest BCUT2D eigenvalue weighted by molar-refractivity contribution is 0.322. The van der Waals surface area contributed by atoms with Gasteiger partial charge in [-0.2, -0.15) is 0 Å². The maximum Gasteiger partial charge on any atom is 0.203 e. The van der Waals surface area contributed by atoms with Crippen molar-refractivity contribution in [3.63, 3.8) is 0 Å². The van der Waals surface area contributed by atoms with Gasteiger partial charge in [-0.25, -0.2) is 0 Å². The molecule has 6 heteroatoms. The van der Waals surface area contributed by atoms with E-state index in [0.29, 0.717) is 30.2 Å². The Morgan fingerprint density at radius 3 is 2.22 bits per heavy atom. The number of benzene rings is 1. The number of guanidine groups is 1. The molecule has 0 heterocycles. The molecule has 0 aromatic heterocycles. The Bertz CT molecular complexity index is 429. The molecular weight excluding hydrogens is 234 g/mol. The molecule has 0 aliphatic rings. The van der Waals surface area contributed by atoms with Gasteiger partial charge >= 0.3 is 0 Å². The van der Waals surface area contributed by atoms with E-state index in [1.165, 1.54) is 0 Å². The van der Waals surface area contributed by atoms with Crippen LogP contribution in [0.25, 0.3) is 0 Å². The van der Waals surface area contributed by atoms with E-state index >= 15 is 0 Å². The van der Waals surface area contributed by atoms with E-state index in [9.17, 15) is 0 Å². The van der Waals surface area contributed by atoms with E-state index in [4.69, 9.17) is 25.7 Å². The molecule has 1 aromatic rings. The summed E-state index contributed by atoms with van der Waals surface area (Å²) >= 11 is 0. The molecule has 1 aromatic carbocycles. The van der Waals surface area contributed by atoms with Gasteiger partial charge in [-0.05, 0) is 12.5 Å². The van der Waals surface area contributed by atoms with Crippen molar-refractivity contribution in [2.75, 3.05) is 27.9 Å². The van der Waals surface area contributed by atoms with Crippen LogP contribution in [0.1, 0.15) is 5.56 Å². The molecule has 0 saturated carbocycles. The molecule has 0 unspecified atom stereocenters. The highest BCUT2D eigenvalue weighted by molar-refractivity contribution is 5.75. The molecule has 0 atom stereocenters. The second-order valence-electron chi connectivity index (χ2n) is 3.55. The lowest BCUT2D eigenvalue weighted by atomic mass is 10.1. The summed E-state index contributed by atoms with van der Waals surface area (Å²) in [7, 11) is 4.73. The first-order chi connectivity index (χ1) is 8.63. The van der Waals surface area contributed by atoms with E-state index in [-0.39, 0.29) is 5.96 Å². The van der Waals surface area contributed by atoms with Gasteiger partial charge in [0.2, 0.25) is 5.75 Å². The van der Waals surface area contributed by atoms with Crippen LogP contribution in [0, 0.1) is 0 Å². The normalized spacial score (nSPS) is 9.72. The summed E-state index contributed by atoms with van der Waals surface area (Å²) in [6, 6.07) is 3.73. The van der Waals surface area contributed by atoms with Crippen LogP contribution in [0.3, 0.4) is 0 Å². The standard InChI is InChI=1S/C12H19N3O3/c1-16-9-5-4-8(6-7-15-12(13)14)10(17-2)11(9)18-3/h4-5H,6-7H2,1-3H3,(H4,13,14,15). The average molecular weight is 253 g/mol. The molecule has 0 spiro atoms. The summed E-state index contributed by atoms with van der Waals surface area (Å²) in [5, 5.41) is 0. The highest BCUT2D eigenvalue weighted by atomic mass is 16.5. The zero-order valence-electron chi connectivity index (χ0n) is 10.9. The topological polar surface area (TPSA) is 92.1 Å². The number of ether oxygens (including phenoxy) is 3. The van der Waals surface area contributed by atoms with Gasteiger partial charge in [0.25, 0.3) is 0 Å². The van der Waals surface area contributed by atoms with Gasteiger partial charge in [0.15, 0.2) is 17.5 Å². The first-order valence-corrected chi connectivity index (χ1v) is 5.47. The van der Waals surface area contributed by atoms with Crippen LogP contribution in [0.5, 0.6) is 17.2 Å². The molecule has 6 nitrogen and oxygen atoms in total. The molecule has 0 bridgehead atoms. The maximum atomic E-state index is 5.35. The van der Waals surface area contributed by atoms with Crippen LogP contribution in [-0.2, 0) is 6.42 Å². The lowest BCUT2D eigenvalue weighted by Gasteiger charge is -2.15. The molecule has 0 aliphatic carbocycles. The number of nitrogens with two attached hydrogens (primary N) is 2. The summed E-state index contributed by atoms with van der Waals surface area (Å²) in [5.41, 5.74) is 11.5. The third kappa shape index (κ3) is 3.19. The molecule has 4 N–H and O–H groups in total. The summed E-state index contributed by atoms with van der Waals surface area (Å²) < 4.78 is 15.8. The number of methoxy groups -OCH3 is 3. The molecule has 0 fully saturated rings. The SMILES string of the molecule is COc1ccc(CCN=C(N)N)c(OC)c1OC. The molecule has 0 saturated heterocycles. The van der Waals surface area contributed by atoms with Gasteiger partial charge in [-0.1, -0.05) is 6.07 Å². The minimum atomic E-state index is 0.0782. The molecule has 0 radical (unpaired) electrons. The highest BCUT2D eigenvalue weighted by Crippen LogP contribution is 2.39. The van der Waals surface area contributed by atoms with Crippen molar-refractivity contribution in [1.82, 2.24) is 0 Å². The second kappa shape index (κ2) is 6.58. The van der Waals surface area contributed by atoms with Crippen molar-refractivity contribution in [3.05, 3.63) is 17.7 Å². The number of hydrogen-bond donors (Lipinski definition) is 2. The van der Waals surface area contributed by atoms with Crippen molar-refractivity contribution in [2.24, 2.45) is 16.5 Å². The van der Waals surface area contributed by atoms with Gasteiger partial charge < -0.3 is 25.7 Å². The largest absolute Gasteiger partial charge is 0.493 e. The van der Waals surface area contributed by atoms with E-state index in [1.54, 1.807) is 21.3 Å². The van der Waals surface area contributed by atoms with Crippen molar-refractivity contribution in [2.45, 2.75) is 6.42 Å². The van der Waals surface area contributed by atoms with Gasteiger partial charge in [0, 0.05) is 12.1 Å². The second-order valence-corrected chi connectivity index (χ2v) is 3.55. The molecule has 0 aliphatic heterocycles. The third-order valence-electron chi connectivity index (χ3n) is 2.46. The van der Waals surface area contributed by atoms with Crippen LogP contribution in [-0.4, -0.2) is 33.8 Å². The Kier molecular flexibility index (Phi) is 5.10. The van der Waals surface area contributed by atoms with Gasteiger partial charge in [0.05, 0.1) is 21.3 Å². The third-order valence-corrected chi connectivity index (χ3v) is 2.46. The van der Waals surface area contributed by atoms with Gasteiger partial charge in [0.1, 0.15) is 0 Å². The molecule has 1 rings (SSSR count). The maximum absolute atomic E-state index is 5.35. The van der Waals surface area contributed by atoms with Crippen LogP contribution >= 0.6 is 0 Å². The van der Waals surface area contributed by atoms with Crippen molar-refractivity contribution in [1.29, 1.82) is 0 Å². The van der Waals surface area contributed by atoms with Crippen LogP contribution in [0.15, 0.2) is 17.1 Å². The highest BCUT2D eigenvalue weighted by Gasteiger charge is 2.15. The monoisotopic (exact) mass is 253 g/mol. The van der Waals surface area contributed by atoms with Crippen molar-refractivity contribution in [3.8, 4) is 17.2 Å². The molecule has 100 valence electrons. The molecule has 0 amide bonds. The molecular formula is C12H19N3O3. The lowest BCUT2D eigenvalue weighted by Crippen LogP contribution is -2.23. The van der Waals surface area contributed by atoms with Crippen molar-refractivity contribution >= 4 is 5.96 Å². The van der Waals surface area contributed by atoms with E-state index < -0.39 is 0 Å². The summed E-state index contributed by atoms with van der Waals surface area (Å²) in [6.07, 6.45) is 0.654. The summed E-state index contributed by atoms with van der Waals surface area (Å²) in [4.78, 5) is 3.94. The minimum absolute atomic E-state index is 0.0782. The minimum Gasteiger partial charge on any atom is -0.493 e. The summed E-state index contributed by atoms with van der Waals surface area (Å²) in [5.74, 6) is 1.92. The van der Waals surface area contributed by atoms with Crippen LogP contribution in [0.4, 0.5) is 0 Å². The zero-order valence-corrected chi connectivity index (χ0v) is 10.9. The summed E-state index contributed by atoms with van der Waals surface area (Å²) in [6.45, 7) is 0.494. The number of hydrogen-bond acceptors (Lipinski definition) is 4. The Morgan fingerprint density at radius 1 is 1.06 bits per heavy atom. The smallest absolute Gasteiger partial charge is 0.203 e. The predicted octanol–water partition coefficient (Wildman–Crippen LogP) is 0.528.